The molecule has 0 aliphatic carbocycles. The van der Waals surface area contributed by atoms with Crippen molar-refractivity contribution >= 4 is 28.4 Å². The summed E-state index contributed by atoms with van der Waals surface area (Å²) in [5, 5.41) is 0. The summed E-state index contributed by atoms with van der Waals surface area (Å²) in [6.45, 7) is 0.831. The van der Waals surface area contributed by atoms with Gasteiger partial charge in [-0.25, -0.2) is 0 Å². The molecule has 11 rings (SSSR count). The standard InChI is InChI=1S/C50H34N2/c1-4-15-34(16-5-1)36-27-29-47-44(31-36)50(45-32-37(35-17-6-2-7-18-35)28-30-48(45)52(47)39-20-8-3-9-21-39)42-24-12-13-26-46(42)51-33-38-19-10-11-22-40(38)41-23-14-25-43(50)49(41)51/h1-32H,33H2. The summed E-state index contributed by atoms with van der Waals surface area (Å²) in [5.74, 6) is 0. The monoisotopic (exact) mass is 662 g/mol. The molecule has 0 saturated carbocycles. The number of hydrogen-bond donors (Lipinski definition) is 0. The quantitative estimate of drug-likeness (QED) is 0.186. The van der Waals surface area contributed by atoms with Gasteiger partial charge in [0, 0.05) is 23.5 Å². The summed E-state index contributed by atoms with van der Waals surface area (Å²) in [6, 6.07) is 72.0. The first kappa shape index (κ1) is 29.1. The Balaban J connectivity index is 1.33. The third-order valence-electron chi connectivity index (χ3n) is 11.5. The summed E-state index contributed by atoms with van der Waals surface area (Å²) in [6.07, 6.45) is 0. The van der Waals surface area contributed by atoms with Crippen molar-refractivity contribution in [3.63, 3.8) is 0 Å². The second-order valence-electron chi connectivity index (χ2n) is 14.1. The van der Waals surface area contributed by atoms with E-state index in [2.05, 4.69) is 204 Å². The average Bonchev–Trinajstić information content (AvgIpc) is 3.23. The van der Waals surface area contributed by atoms with E-state index < -0.39 is 5.41 Å². The van der Waals surface area contributed by atoms with Crippen molar-refractivity contribution in [1.82, 2.24) is 0 Å². The van der Waals surface area contributed by atoms with Crippen molar-refractivity contribution in [1.29, 1.82) is 0 Å². The minimum atomic E-state index is -0.615. The largest absolute Gasteiger partial charge is 0.336 e. The number of para-hydroxylation sites is 3. The zero-order valence-corrected chi connectivity index (χ0v) is 28.6. The van der Waals surface area contributed by atoms with E-state index >= 15 is 0 Å². The highest BCUT2D eigenvalue weighted by atomic mass is 15.2. The Morgan fingerprint density at radius 3 is 1.58 bits per heavy atom. The third kappa shape index (κ3) is 4.01. The zero-order chi connectivity index (χ0) is 34.2. The van der Waals surface area contributed by atoms with Gasteiger partial charge in [0.15, 0.2) is 0 Å². The lowest BCUT2D eigenvalue weighted by molar-refractivity contribution is 0.704. The summed E-state index contributed by atoms with van der Waals surface area (Å²) in [4.78, 5) is 5.07. The number of fused-ring (bicyclic) bond motifs is 10. The van der Waals surface area contributed by atoms with Crippen LogP contribution in [0.4, 0.5) is 28.4 Å². The SMILES string of the molecule is c1ccc(-c2ccc3c(c2)C2(c4ccccc4N4Cc5ccccc5-c5cccc2c54)c2cc(-c4ccccc4)ccc2N3c2ccccc2)cc1. The molecule has 0 fully saturated rings. The molecule has 0 N–H and O–H groups in total. The van der Waals surface area contributed by atoms with E-state index in [1.165, 1.54) is 83.9 Å². The molecule has 2 heteroatoms. The topological polar surface area (TPSA) is 6.48 Å². The molecule has 244 valence electrons. The molecule has 52 heavy (non-hydrogen) atoms. The maximum atomic E-state index is 2.58. The Morgan fingerprint density at radius 2 is 0.904 bits per heavy atom. The van der Waals surface area contributed by atoms with Crippen LogP contribution in [0.2, 0.25) is 0 Å². The van der Waals surface area contributed by atoms with Gasteiger partial charge in [0.1, 0.15) is 0 Å². The van der Waals surface area contributed by atoms with E-state index in [9.17, 15) is 0 Å². The first-order chi connectivity index (χ1) is 25.8. The fourth-order valence-electron chi connectivity index (χ4n) is 9.29. The maximum Gasteiger partial charge on any atom is 0.0783 e. The van der Waals surface area contributed by atoms with Gasteiger partial charge in [-0.1, -0.05) is 152 Å². The molecule has 0 aromatic heterocycles. The van der Waals surface area contributed by atoms with Crippen molar-refractivity contribution in [3.8, 4) is 33.4 Å². The van der Waals surface area contributed by atoms with Crippen LogP contribution in [0.5, 0.6) is 0 Å². The minimum absolute atomic E-state index is 0.615. The fraction of sp³-hybridized carbons (Fsp3) is 0.0400. The van der Waals surface area contributed by atoms with E-state index in [4.69, 9.17) is 0 Å². The minimum Gasteiger partial charge on any atom is -0.336 e. The first-order valence-electron chi connectivity index (χ1n) is 18.1. The van der Waals surface area contributed by atoms with Crippen LogP contribution in [0.25, 0.3) is 33.4 Å². The molecular weight excluding hydrogens is 629 g/mol. The smallest absolute Gasteiger partial charge is 0.0783 e. The van der Waals surface area contributed by atoms with Gasteiger partial charge < -0.3 is 9.80 Å². The van der Waals surface area contributed by atoms with Crippen molar-refractivity contribution in [2.24, 2.45) is 0 Å². The van der Waals surface area contributed by atoms with Crippen LogP contribution >= 0.6 is 0 Å². The van der Waals surface area contributed by atoms with Gasteiger partial charge in [-0.2, -0.15) is 0 Å². The van der Waals surface area contributed by atoms with E-state index in [-0.39, 0.29) is 0 Å². The Bertz CT molecular complexity index is 2570. The van der Waals surface area contributed by atoms with Gasteiger partial charge in [0.05, 0.1) is 22.5 Å². The lowest BCUT2D eigenvalue weighted by Gasteiger charge is -2.52. The van der Waals surface area contributed by atoms with Crippen molar-refractivity contribution in [2.45, 2.75) is 12.0 Å². The van der Waals surface area contributed by atoms with E-state index in [0.717, 1.165) is 12.2 Å². The highest BCUT2D eigenvalue weighted by molar-refractivity contribution is 6.00. The summed E-state index contributed by atoms with van der Waals surface area (Å²) < 4.78 is 0. The molecule has 1 spiro atoms. The third-order valence-corrected chi connectivity index (χ3v) is 11.5. The van der Waals surface area contributed by atoms with Crippen molar-refractivity contribution in [2.75, 3.05) is 9.80 Å². The number of nitrogens with zero attached hydrogens (tertiary/aromatic N) is 2. The molecule has 0 amide bonds. The van der Waals surface area contributed by atoms with Crippen molar-refractivity contribution in [3.05, 3.63) is 222 Å². The lowest BCUT2D eigenvalue weighted by Crippen LogP contribution is -2.43. The van der Waals surface area contributed by atoms with Gasteiger partial charge in [-0.15, -0.1) is 0 Å². The number of rotatable bonds is 3. The molecule has 3 heterocycles. The lowest BCUT2D eigenvalue weighted by atomic mass is 9.59. The van der Waals surface area contributed by atoms with Crippen LogP contribution in [-0.4, -0.2) is 0 Å². The second kappa shape index (κ2) is 11.2. The molecule has 2 nitrogen and oxygen atoms in total. The van der Waals surface area contributed by atoms with Gasteiger partial charge in [0.25, 0.3) is 0 Å². The van der Waals surface area contributed by atoms with Gasteiger partial charge in [-0.05, 0) is 98.1 Å². The number of benzene rings is 8. The van der Waals surface area contributed by atoms with Gasteiger partial charge in [-0.3, -0.25) is 0 Å². The summed E-state index contributed by atoms with van der Waals surface area (Å²) in [5.41, 5.74) is 19.5. The zero-order valence-electron chi connectivity index (χ0n) is 28.6. The molecule has 0 atom stereocenters. The Kier molecular flexibility index (Phi) is 6.26. The van der Waals surface area contributed by atoms with E-state index in [0.29, 0.717) is 0 Å². The highest BCUT2D eigenvalue weighted by Gasteiger charge is 2.53. The number of hydrogen-bond acceptors (Lipinski definition) is 2. The molecule has 8 aromatic rings. The normalized spacial score (nSPS) is 14.2. The maximum absolute atomic E-state index is 2.58. The molecule has 3 aliphatic rings. The van der Waals surface area contributed by atoms with E-state index in [1.54, 1.807) is 0 Å². The molecular formula is C50H34N2. The van der Waals surface area contributed by atoms with Crippen LogP contribution in [0.3, 0.4) is 0 Å². The molecule has 8 aromatic carbocycles. The molecule has 0 saturated heterocycles. The molecule has 0 unspecified atom stereocenters. The average molecular weight is 663 g/mol. The molecule has 3 aliphatic heterocycles. The Hall–Kier alpha value is -6.64. The van der Waals surface area contributed by atoms with Crippen LogP contribution in [0.15, 0.2) is 194 Å². The van der Waals surface area contributed by atoms with Crippen LogP contribution in [0.1, 0.15) is 27.8 Å². The Labute approximate surface area is 304 Å². The van der Waals surface area contributed by atoms with Crippen LogP contribution in [0, 0.1) is 0 Å². The van der Waals surface area contributed by atoms with Crippen LogP contribution in [-0.2, 0) is 12.0 Å². The molecule has 0 bridgehead atoms. The van der Waals surface area contributed by atoms with Crippen molar-refractivity contribution < 1.29 is 0 Å². The Morgan fingerprint density at radius 1 is 0.365 bits per heavy atom. The summed E-state index contributed by atoms with van der Waals surface area (Å²) >= 11 is 0. The van der Waals surface area contributed by atoms with E-state index in [1.807, 2.05) is 0 Å². The predicted molar refractivity (Wildman–Crippen MR) is 215 cm³/mol. The first-order valence-corrected chi connectivity index (χ1v) is 18.1. The summed E-state index contributed by atoms with van der Waals surface area (Å²) in [7, 11) is 0. The highest BCUT2D eigenvalue weighted by Crippen LogP contribution is 2.65. The van der Waals surface area contributed by atoms with Gasteiger partial charge >= 0.3 is 0 Å². The second-order valence-corrected chi connectivity index (χ2v) is 14.1. The predicted octanol–water partition coefficient (Wildman–Crippen LogP) is 12.8. The fourth-order valence-corrected chi connectivity index (χ4v) is 9.29. The van der Waals surface area contributed by atoms with Crippen LogP contribution < -0.4 is 9.80 Å². The van der Waals surface area contributed by atoms with Gasteiger partial charge in [0.2, 0.25) is 0 Å². The molecule has 0 radical (unpaired) electrons. The number of anilines is 5.